The van der Waals surface area contributed by atoms with Gasteiger partial charge in [0.1, 0.15) is 0 Å². The zero-order chi connectivity index (χ0) is 6.69. The van der Waals surface area contributed by atoms with Crippen LogP contribution in [-0.4, -0.2) is 0 Å². The molecule has 45 valence electrons. The van der Waals surface area contributed by atoms with E-state index in [4.69, 9.17) is 2.81 Å². The molecule has 0 bridgehead atoms. The standard InChI is InChI=1S/C6H5FO.Zr/c7-5-2-1-3-6(8)4-5;/h1-4,8H;/q;+1/p-1. The van der Waals surface area contributed by atoms with Crippen LogP contribution in [0.15, 0.2) is 24.3 Å². The van der Waals surface area contributed by atoms with Gasteiger partial charge in [0.2, 0.25) is 0 Å². The first kappa shape index (κ1) is 6.95. The zero-order valence-electron chi connectivity index (χ0n) is 4.60. The molecular weight excluding hydrogens is 198 g/mol. The van der Waals surface area contributed by atoms with Crippen LogP contribution < -0.4 is 2.81 Å². The fourth-order valence-corrected chi connectivity index (χ4v) is 0.843. The van der Waals surface area contributed by atoms with E-state index in [1.165, 1.54) is 12.1 Å². The topological polar surface area (TPSA) is 9.23 Å². The van der Waals surface area contributed by atoms with E-state index >= 15 is 0 Å². The summed E-state index contributed by atoms with van der Waals surface area (Å²) in [5.74, 6) is 0.336. The van der Waals surface area contributed by atoms with E-state index in [0.29, 0.717) is 5.75 Å². The molecule has 0 N–H and O–H groups in total. The van der Waals surface area contributed by atoms with Crippen LogP contribution in [0.5, 0.6) is 5.75 Å². The van der Waals surface area contributed by atoms with E-state index in [1.54, 1.807) is 12.1 Å². The molecule has 0 aliphatic carbocycles. The molecule has 0 aliphatic heterocycles. The quantitative estimate of drug-likeness (QED) is 0.673. The molecule has 0 spiro atoms. The molecule has 1 rings (SSSR count). The van der Waals surface area contributed by atoms with E-state index in [-0.39, 0.29) is 5.82 Å². The van der Waals surface area contributed by atoms with Crippen molar-refractivity contribution in [2.45, 2.75) is 0 Å². The Morgan fingerprint density at radius 3 is 2.67 bits per heavy atom. The van der Waals surface area contributed by atoms with Crippen LogP contribution in [0, 0.1) is 5.82 Å². The van der Waals surface area contributed by atoms with Gasteiger partial charge in [-0.2, -0.15) is 0 Å². The summed E-state index contributed by atoms with van der Waals surface area (Å²) in [7, 11) is 0. The maximum atomic E-state index is 12.3. The second-order valence-corrected chi connectivity index (χ2v) is 2.06. The maximum absolute atomic E-state index is 12.3. The van der Waals surface area contributed by atoms with Crippen LogP contribution in [0.1, 0.15) is 0 Å². The van der Waals surface area contributed by atoms with Crippen LogP contribution in [0.25, 0.3) is 0 Å². The van der Waals surface area contributed by atoms with Gasteiger partial charge in [0.15, 0.2) is 0 Å². The molecule has 0 heterocycles. The SMILES string of the molecule is Fc1cccc([O][Zr])c1. The molecule has 9 heavy (non-hydrogen) atoms. The first-order chi connectivity index (χ1) is 4.33. The molecule has 3 heteroatoms. The van der Waals surface area contributed by atoms with Crippen molar-refractivity contribution >= 4 is 0 Å². The van der Waals surface area contributed by atoms with Crippen molar-refractivity contribution < 1.29 is 32.4 Å². The fraction of sp³-hybridized carbons (Fsp3) is 0. The van der Waals surface area contributed by atoms with E-state index in [1.807, 2.05) is 0 Å². The Labute approximate surface area is 68.3 Å². The van der Waals surface area contributed by atoms with Crippen LogP contribution in [0.4, 0.5) is 4.39 Å². The van der Waals surface area contributed by atoms with Crippen LogP contribution in [0.3, 0.4) is 0 Å². The van der Waals surface area contributed by atoms with Gasteiger partial charge in [0.25, 0.3) is 0 Å². The molecule has 1 nitrogen and oxygen atoms in total. The van der Waals surface area contributed by atoms with Gasteiger partial charge in [-0.3, -0.25) is 0 Å². The van der Waals surface area contributed by atoms with Crippen LogP contribution >= 0.6 is 0 Å². The summed E-state index contributed by atoms with van der Waals surface area (Å²) in [6, 6.07) is 6.08. The van der Waals surface area contributed by atoms with E-state index in [2.05, 4.69) is 0 Å². The molecule has 0 saturated carbocycles. The van der Waals surface area contributed by atoms with Gasteiger partial charge in [-0.05, 0) is 0 Å². The van der Waals surface area contributed by atoms with Gasteiger partial charge in [-0.25, -0.2) is 0 Å². The molecule has 0 saturated heterocycles. The van der Waals surface area contributed by atoms with Crippen LogP contribution in [-0.2, 0) is 25.2 Å². The number of benzene rings is 1. The van der Waals surface area contributed by atoms with Gasteiger partial charge in [0.05, 0.1) is 0 Å². The summed E-state index contributed by atoms with van der Waals surface area (Å²) in [4.78, 5) is 0. The second-order valence-electron chi connectivity index (χ2n) is 1.56. The van der Waals surface area contributed by atoms with Gasteiger partial charge in [0, 0.05) is 0 Å². The number of rotatable bonds is 1. The predicted octanol–water partition coefficient (Wildman–Crippen LogP) is 1.67. The van der Waals surface area contributed by atoms with Crippen molar-refractivity contribution in [1.82, 2.24) is 0 Å². The van der Waals surface area contributed by atoms with Crippen molar-refractivity contribution in [2.75, 3.05) is 0 Å². The minimum atomic E-state index is -0.255. The number of hydrogen-bond donors (Lipinski definition) is 0. The van der Waals surface area contributed by atoms with Gasteiger partial charge < -0.3 is 0 Å². The van der Waals surface area contributed by atoms with Gasteiger partial charge in [-0.1, -0.05) is 0 Å². The average Bonchev–Trinajstić information content (AvgIpc) is 1.88. The number of hydrogen-bond acceptors (Lipinski definition) is 1. The molecule has 0 aliphatic rings. The Bertz CT molecular complexity index is 202. The Morgan fingerprint density at radius 2 is 2.22 bits per heavy atom. The normalized spacial score (nSPS) is 8.89. The third-order valence-corrected chi connectivity index (χ3v) is 1.49. The Kier molecular flexibility index (Phi) is 2.41. The second kappa shape index (κ2) is 3.12. The average molecular weight is 202 g/mol. The van der Waals surface area contributed by atoms with E-state index in [0.717, 1.165) is 25.2 Å². The van der Waals surface area contributed by atoms with Crippen molar-refractivity contribution in [3.63, 3.8) is 0 Å². The van der Waals surface area contributed by atoms with Crippen LogP contribution in [0.2, 0.25) is 0 Å². The molecule has 0 radical (unpaired) electrons. The van der Waals surface area contributed by atoms with Crippen molar-refractivity contribution in [3.05, 3.63) is 30.1 Å². The summed E-state index contributed by atoms with van der Waals surface area (Å²) in [5, 5.41) is 0. The van der Waals surface area contributed by atoms with Gasteiger partial charge >= 0.3 is 68.2 Å². The Morgan fingerprint density at radius 1 is 1.44 bits per heavy atom. The molecule has 0 amide bonds. The summed E-state index contributed by atoms with van der Waals surface area (Å²) in [5.41, 5.74) is 0. The molecular formula is C6H4FOZr. The zero-order valence-corrected chi connectivity index (χ0v) is 7.05. The Hall–Kier alpha value is -0.167. The molecule has 1 aromatic rings. The third-order valence-electron chi connectivity index (χ3n) is 0.914. The first-order valence-corrected chi connectivity index (χ1v) is 3.42. The van der Waals surface area contributed by atoms with E-state index < -0.39 is 0 Å². The predicted molar refractivity (Wildman–Crippen MR) is 27.0 cm³/mol. The van der Waals surface area contributed by atoms with E-state index in [9.17, 15) is 4.39 Å². The first-order valence-electron chi connectivity index (χ1n) is 2.42. The monoisotopic (exact) mass is 201 g/mol. The summed E-state index contributed by atoms with van der Waals surface area (Å²) in [6.45, 7) is 0. The summed E-state index contributed by atoms with van der Waals surface area (Å²) < 4.78 is 17.1. The van der Waals surface area contributed by atoms with Crippen molar-refractivity contribution in [3.8, 4) is 5.75 Å². The Balaban J connectivity index is 2.94. The summed E-state index contributed by atoms with van der Waals surface area (Å²) in [6.07, 6.45) is 0. The molecule has 0 unspecified atom stereocenters. The number of halogens is 1. The molecule has 0 fully saturated rings. The summed E-state index contributed by atoms with van der Waals surface area (Å²) >= 11 is 0.925. The molecule has 0 aromatic heterocycles. The third kappa shape index (κ3) is 1.90. The molecule has 0 atom stereocenters. The van der Waals surface area contributed by atoms with Gasteiger partial charge in [-0.15, -0.1) is 0 Å². The van der Waals surface area contributed by atoms with Crippen molar-refractivity contribution in [1.29, 1.82) is 0 Å². The fourth-order valence-electron chi connectivity index (χ4n) is 0.530. The molecule has 1 aromatic carbocycles. The minimum absolute atomic E-state index is 0.255. The van der Waals surface area contributed by atoms with Crippen molar-refractivity contribution in [2.24, 2.45) is 0 Å².